The molecule has 0 spiro atoms. The molecule has 0 N–H and O–H groups in total. The summed E-state index contributed by atoms with van der Waals surface area (Å²) in [5.41, 5.74) is 0. The quantitative estimate of drug-likeness (QED) is 0.696. The summed E-state index contributed by atoms with van der Waals surface area (Å²) in [5, 5.41) is -0.316. The summed E-state index contributed by atoms with van der Waals surface area (Å²) < 4.78 is 52.9. The second-order valence-electron chi connectivity index (χ2n) is 5.73. The van der Waals surface area contributed by atoms with E-state index in [1.54, 1.807) is 12.1 Å². The van der Waals surface area contributed by atoms with Crippen molar-refractivity contribution < 1.29 is 16.8 Å². The highest BCUT2D eigenvalue weighted by Crippen LogP contribution is 2.29. The number of nitrogens with zero attached hydrogens (tertiary/aromatic N) is 1. The first kappa shape index (κ1) is 18.8. The third-order valence-electron chi connectivity index (χ3n) is 4.14. The number of hydrogen-bond donors (Lipinski definition) is 0. The van der Waals surface area contributed by atoms with E-state index in [1.807, 2.05) is 0 Å². The molecule has 1 heterocycles. The second kappa shape index (κ2) is 7.00. The van der Waals surface area contributed by atoms with Gasteiger partial charge >= 0.3 is 0 Å². The van der Waals surface area contributed by atoms with Gasteiger partial charge in [-0.3, -0.25) is 0 Å². The molecule has 9 heteroatoms. The lowest BCUT2D eigenvalue weighted by Crippen LogP contribution is -2.32. The topological polar surface area (TPSA) is 71.5 Å². The van der Waals surface area contributed by atoms with Crippen LogP contribution in [0.25, 0.3) is 0 Å². The van der Waals surface area contributed by atoms with E-state index in [-0.39, 0.29) is 29.3 Å². The van der Waals surface area contributed by atoms with Crippen LogP contribution in [0, 0.1) is 0 Å². The highest BCUT2D eigenvalue weighted by molar-refractivity contribution is 9.10. The Kier molecular flexibility index (Phi) is 5.28. The van der Waals surface area contributed by atoms with Crippen LogP contribution < -0.4 is 0 Å². The van der Waals surface area contributed by atoms with Crippen molar-refractivity contribution in [2.75, 3.05) is 13.1 Å². The Morgan fingerprint density at radius 1 is 0.920 bits per heavy atom. The summed E-state index contributed by atoms with van der Waals surface area (Å²) in [6, 6.07) is 12.2. The van der Waals surface area contributed by atoms with Crippen LogP contribution in [0.15, 0.2) is 62.8 Å². The minimum absolute atomic E-state index is 0.0522. The molecule has 0 bridgehead atoms. The highest BCUT2D eigenvalue weighted by atomic mass is 79.9. The molecule has 2 aromatic rings. The van der Waals surface area contributed by atoms with E-state index in [4.69, 9.17) is 11.6 Å². The van der Waals surface area contributed by atoms with Crippen LogP contribution in [0.1, 0.15) is 6.42 Å². The van der Waals surface area contributed by atoms with Crippen LogP contribution in [-0.2, 0) is 19.9 Å². The maximum absolute atomic E-state index is 12.7. The number of hydrogen-bond acceptors (Lipinski definition) is 4. The molecule has 0 aliphatic carbocycles. The third kappa shape index (κ3) is 3.78. The molecule has 3 rings (SSSR count). The van der Waals surface area contributed by atoms with Gasteiger partial charge in [0.05, 0.1) is 15.0 Å². The Balaban J connectivity index is 1.83. The van der Waals surface area contributed by atoms with Gasteiger partial charge in [-0.15, -0.1) is 0 Å². The van der Waals surface area contributed by atoms with Gasteiger partial charge in [0.1, 0.15) is 0 Å². The standard InChI is InChI=1S/C16H15BrClNO4S2/c17-12-1-5-15(6-2-12)25(22,23)19-10-9-16(11-19)24(20,21)14-7-3-13(18)4-8-14/h1-8,16H,9-11H2. The molecular weight excluding hydrogens is 450 g/mol. The van der Waals surface area contributed by atoms with Crippen molar-refractivity contribution in [2.24, 2.45) is 0 Å². The zero-order valence-corrected chi connectivity index (χ0v) is 16.9. The average molecular weight is 465 g/mol. The molecule has 0 radical (unpaired) electrons. The summed E-state index contributed by atoms with van der Waals surface area (Å²) in [4.78, 5) is 0.310. The molecule has 5 nitrogen and oxygen atoms in total. The van der Waals surface area contributed by atoms with Crippen molar-refractivity contribution in [2.45, 2.75) is 21.5 Å². The number of halogens is 2. The summed E-state index contributed by atoms with van der Waals surface area (Å²) in [6.07, 6.45) is 0.265. The van der Waals surface area contributed by atoms with E-state index in [0.717, 1.165) is 4.47 Å². The highest BCUT2D eigenvalue weighted by Gasteiger charge is 2.39. The summed E-state index contributed by atoms with van der Waals surface area (Å²) in [6.45, 7) is 0.124. The maximum atomic E-state index is 12.7. The maximum Gasteiger partial charge on any atom is 0.243 e. The number of sulfonamides is 1. The molecule has 1 saturated heterocycles. The van der Waals surface area contributed by atoms with Crippen LogP contribution in [0.2, 0.25) is 5.02 Å². The zero-order valence-electron chi connectivity index (χ0n) is 13.0. The number of benzene rings is 2. The first-order chi connectivity index (χ1) is 11.7. The van der Waals surface area contributed by atoms with Gasteiger partial charge < -0.3 is 0 Å². The molecule has 0 aromatic heterocycles. The molecule has 1 aliphatic heterocycles. The second-order valence-corrected chi connectivity index (χ2v) is 11.2. The van der Waals surface area contributed by atoms with Gasteiger partial charge in [-0.1, -0.05) is 27.5 Å². The van der Waals surface area contributed by atoms with Gasteiger partial charge in [-0.2, -0.15) is 4.31 Å². The van der Waals surface area contributed by atoms with E-state index in [2.05, 4.69) is 15.9 Å². The van der Waals surface area contributed by atoms with Gasteiger partial charge in [0.25, 0.3) is 0 Å². The van der Waals surface area contributed by atoms with Crippen LogP contribution in [0.4, 0.5) is 0 Å². The Hall–Kier alpha value is -0.930. The van der Waals surface area contributed by atoms with Crippen molar-refractivity contribution in [1.29, 1.82) is 0 Å². The van der Waals surface area contributed by atoms with Gasteiger partial charge in [0.2, 0.25) is 10.0 Å². The molecular formula is C16H15BrClNO4S2. The van der Waals surface area contributed by atoms with Crippen LogP contribution >= 0.6 is 27.5 Å². The minimum atomic E-state index is -3.71. The molecule has 0 saturated carbocycles. The van der Waals surface area contributed by atoms with Crippen molar-refractivity contribution in [1.82, 2.24) is 4.31 Å². The Bertz CT molecular complexity index is 892. The molecule has 1 unspecified atom stereocenters. The zero-order chi connectivity index (χ0) is 18.2. The van der Waals surface area contributed by atoms with Gasteiger partial charge in [-0.25, -0.2) is 16.8 Å². The van der Waals surface area contributed by atoms with Crippen LogP contribution in [0.3, 0.4) is 0 Å². The fourth-order valence-corrected chi connectivity index (χ4v) is 6.42. The molecule has 25 heavy (non-hydrogen) atoms. The lowest BCUT2D eigenvalue weighted by molar-refractivity contribution is 0.476. The fourth-order valence-electron chi connectivity index (χ4n) is 2.74. The number of sulfone groups is 1. The first-order valence-electron chi connectivity index (χ1n) is 7.46. The smallest absolute Gasteiger partial charge is 0.223 e. The summed E-state index contributed by atoms with van der Waals surface area (Å²) in [5.74, 6) is 0. The predicted octanol–water partition coefficient (Wildman–Crippen LogP) is 3.34. The van der Waals surface area contributed by atoms with E-state index < -0.39 is 25.1 Å². The monoisotopic (exact) mass is 463 g/mol. The molecule has 2 aromatic carbocycles. The molecule has 1 aliphatic rings. The Morgan fingerprint density at radius 2 is 1.48 bits per heavy atom. The Morgan fingerprint density at radius 3 is 2.08 bits per heavy atom. The van der Waals surface area contributed by atoms with E-state index in [9.17, 15) is 16.8 Å². The normalized spacial score (nSPS) is 19.2. The molecule has 0 amide bonds. The van der Waals surface area contributed by atoms with Gasteiger partial charge in [-0.05, 0) is 55.0 Å². The summed E-state index contributed by atoms with van der Waals surface area (Å²) in [7, 11) is -7.32. The van der Waals surface area contributed by atoms with E-state index in [0.29, 0.717) is 5.02 Å². The molecule has 134 valence electrons. The van der Waals surface area contributed by atoms with Gasteiger partial charge in [0.15, 0.2) is 9.84 Å². The molecule has 1 atom stereocenters. The summed E-state index contributed by atoms with van der Waals surface area (Å²) >= 11 is 9.06. The van der Waals surface area contributed by atoms with Crippen molar-refractivity contribution in [3.05, 3.63) is 58.0 Å². The van der Waals surface area contributed by atoms with Crippen LogP contribution in [0.5, 0.6) is 0 Å². The predicted molar refractivity (Wildman–Crippen MR) is 99.9 cm³/mol. The van der Waals surface area contributed by atoms with Crippen molar-refractivity contribution in [3.8, 4) is 0 Å². The first-order valence-corrected chi connectivity index (χ1v) is 11.6. The average Bonchev–Trinajstić information content (AvgIpc) is 3.07. The van der Waals surface area contributed by atoms with Crippen LogP contribution in [-0.4, -0.2) is 39.5 Å². The molecule has 1 fully saturated rings. The lowest BCUT2D eigenvalue weighted by Gasteiger charge is -2.17. The SMILES string of the molecule is O=S(=O)(c1ccc(Cl)cc1)C1CCN(S(=O)(=O)c2ccc(Br)cc2)C1. The fraction of sp³-hybridized carbons (Fsp3) is 0.250. The largest absolute Gasteiger partial charge is 0.243 e. The lowest BCUT2D eigenvalue weighted by atomic mass is 10.4. The minimum Gasteiger partial charge on any atom is -0.223 e. The third-order valence-corrected chi connectivity index (χ3v) is 8.99. The Labute approximate surface area is 160 Å². The van der Waals surface area contributed by atoms with Gasteiger partial charge in [0, 0.05) is 22.6 Å². The number of rotatable bonds is 4. The van der Waals surface area contributed by atoms with Crippen molar-refractivity contribution >= 4 is 47.4 Å². The van der Waals surface area contributed by atoms with Crippen molar-refractivity contribution in [3.63, 3.8) is 0 Å². The van der Waals surface area contributed by atoms with E-state index >= 15 is 0 Å². The van der Waals surface area contributed by atoms with E-state index in [1.165, 1.54) is 40.7 Å².